The van der Waals surface area contributed by atoms with Gasteiger partial charge in [0, 0.05) is 0 Å². The summed E-state index contributed by atoms with van der Waals surface area (Å²) in [5.74, 6) is -0.302. The van der Waals surface area contributed by atoms with Gasteiger partial charge in [-0.3, -0.25) is 4.55 Å². The zero-order valence-electron chi connectivity index (χ0n) is 15.6. The topological polar surface area (TPSA) is 80.7 Å². The van der Waals surface area contributed by atoms with E-state index in [2.05, 4.69) is 6.92 Å². The lowest BCUT2D eigenvalue weighted by molar-refractivity contribution is 0.0734. The molecule has 0 aromatic heterocycles. The summed E-state index contributed by atoms with van der Waals surface area (Å²) < 4.78 is 36.2. The highest BCUT2D eigenvalue weighted by Crippen LogP contribution is 2.18. The molecule has 0 heterocycles. The fourth-order valence-electron chi connectivity index (χ4n) is 2.76. The molecule has 2 aromatic carbocycles. The summed E-state index contributed by atoms with van der Waals surface area (Å²) in [7, 11) is -4.26. The molecule has 6 heteroatoms. The van der Waals surface area contributed by atoms with E-state index in [1.807, 2.05) is 12.1 Å². The van der Waals surface area contributed by atoms with E-state index in [9.17, 15) is 13.2 Å². The SMILES string of the molecule is CCCCCCCCc1ccc(C(=O)Oc2ccc(S(=O)(=O)O)cc2)cc1. The van der Waals surface area contributed by atoms with Crippen LogP contribution in [0.3, 0.4) is 0 Å². The Morgan fingerprint density at radius 1 is 0.889 bits per heavy atom. The molecular formula is C21H26O5S. The van der Waals surface area contributed by atoms with E-state index in [1.54, 1.807) is 12.1 Å². The molecule has 0 radical (unpaired) electrons. The maximum Gasteiger partial charge on any atom is 0.343 e. The Hall–Kier alpha value is -2.18. The zero-order valence-corrected chi connectivity index (χ0v) is 16.4. The van der Waals surface area contributed by atoms with Gasteiger partial charge in [0.15, 0.2) is 0 Å². The maximum atomic E-state index is 12.2. The van der Waals surface area contributed by atoms with Crippen LogP contribution in [0.4, 0.5) is 0 Å². The van der Waals surface area contributed by atoms with E-state index in [0.29, 0.717) is 5.56 Å². The summed E-state index contributed by atoms with van der Waals surface area (Å²) in [5, 5.41) is 0. The first kappa shape index (κ1) is 21.1. The molecule has 0 saturated carbocycles. The van der Waals surface area contributed by atoms with Crippen LogP contribution in [0, 0.1) is 0 Å². The number of hydrogen-bond acceptors (Lipinski definition) is 4. The minimum Gasteiger partial charge on any atom is -0.423 e. The molecule has 0 aliphatic carbocycles. The Morgan fingerprint density at radius 3 is 2.07 bits per heavy atom. The summed E-state index contributed by atoms with van der Waals surface area (Å²) in [6, 6.07) is 12.4. The number of aryl methyl sites for hydroxylation is 1. The third-order valence-corrected chi connectivity index (χ3v) is 5.21. The van der Waals surface area contributed by atoms with Crippen molar-refractivity contribution in [1.29, 1.82) is 0 Å². The Bertz CT molecular complexity index is 824. The molecule has 146 valence electrons. The van der Waals surface area contributed by atoms with Crippen molar-refractivity contribution in [3.63, 3.8) is 0 Å². The number of unbranched alkanes of at least 4 members (excludes halogenated alkanes) is 5. The van der Waals surface area contributed by atoms with Gasteiger partial charge in [-0.2, -0.15) is 8.42 Å². The fourth-order valence-corrected chi connectivity index (χ4v) is 3.24. The molecule has 0 bridgehead atoms. The van der Waals surface area contributed by atoms with Crippen LogP contribution in [0.1, 0.15) is 61.4 Å². The van der Waals surface area contributed by atoms with Gasteiger partial charge in [0.2, 0.25) is 0 Å². The number of carbonyl (C=O) groups is 1. The average molecular weight is 391 g/mol. The lowest BCUT2D eigenvalue weighted by Crippen LogP contribution is -2.08. The van der Waals surface area contributed by atoms with Gasteiger partial charge in [0.25, 0.3) is 10.1 Å². The Morgan fingerprint density at radius 2 is 1.48 bits per heavy atom. The minimum absolute atomic E-state index is 0.212. The number of benzene rings is 2. The van der Waals surface area contributed by atoms with Crippen LogP contribution >= 0.6 is 0 Å². The quantitative estimate of drug-likeness (QED) is 0.266. The first-order chi connectivity index (χ1) is 12.9. The number of carbonyl (C=O) groups excluding carboxylic acids is 1. The van der Waals surface area contributed by atoms with Gasteiger partial charge in [-0.25, -0.2) is 4.79 Å². The van der Waals surface area contributed by atoms with Crippen molar-refractivity contribution in [3.8, 4) is 5.75 Å². The van der Waals surface area contributed by atoms with Gasteiger partial charge >= 0.3 is 5.97 Å². The second-order valence-electron chi connectivity index (χ2n) is 6.55. The van der Waals surface area contributed by atoms with Crippen molar-refractivity contribution in [2.45, 2.75) is 56.8 Å². The van der Waals surface area contributed by atoms with Crippen LogP contribution in [0.15, 0.2) is 53.4 Å². The summed E-state index contributed by atoms with van der Waals surface area (Å²) in [6.45, 7) is 2.21. The molecule has 0 spiro atoms. The largest absolute Gasteiger partial charge is 0.423 e. The lowest BCUT2D eigenvalue weighted by Gasteiger charge is -2.06. The van der Waals surface area contributed by atoms with Crippen LogP contribution in [0.2, 0.25) is 0 Å². The molecule has 0 fully saturated rings. The van der Waals surface area contributed by atoms with E-state index < -0.39 is 16.1 Å². The minimum atomic E-state index is -4.26. The normalized spacial score (nSPS) is 11.3. The standard InChI is InChI=1S/C21H26O5S/c1-2-3-4-5-6-7-8-17-9-11-18(12-10-17)21(22)26-19-13-15-20(16-14-19)27(23,24)25/h9-16H,2-8H2,1H3,(H,23,24,25). The lowest BCUT2D eigenvalue weighted by atomic mass is 10.0. The summed E-state index contributed by atoms with van der Waals surface area (Å²) in [6.07, 6.45) is 8.49. The van der Waals surface area contributed by atoms with E-state index in [1.165, 1.54) is 61.9 Å². The molecule has 0 aliphatic heterocycles. The van der Waals surface area contributed by atoms with Crippen molar-refractivity contribution < 1.29 is 22.5 Å². The molecule has 27 heavy (non-hydrogen) atoms. The van der Waals surface area contributed by atoms with Gasteiger partial charge in [0.05, 0.1) is 10.5 Å². The van der Waals surface area contributed by atoms with E-state index in [4.69, 9.17) is 9.29 Å². The van der Waals surface area contributed by atoms with Gasteiger partial charge < -0.3 is 4.74 Å². The van der Waals surface area contributed by atoms with Crippen molar-refractivity contribution >= 4 is 16.1 Å². The summed E-state index contributed by atoms with van der Waals surface area (Å²) >= 11 is 0. The first-order valence-electron chi connectivity index (χ1n) is 9.29. The smallest absolute Gasteiger partial charge is 0.343 e. The molecule has 0 amide bonds. The van der Waals surface area contributed by atoms with Crippen molar-refractivity contribution in [2.75, 3.05) is 0 Å². The first-order valence-corrected chi connectivity index (χ1v) is 10.7. The zero-order chi connectivity index (χ0) is 19.7. The highest BCUT2D eigenvalue weighted by atomic mass is 32.2. The van der Waals surface area contributed by atoms with Crippen LogP contribution in [-0.2, 0) is 16.5 Å². The molecule has 1 N–H and O–H groups in total. The van der Waals surface area contributed by atoms with E-state index in [0.717, 1.165) is 12.8 Å². The van der Waals surface area contributed by atoms with Crippen molar-refractivity contribution in [1.82, 2.24) is 0 Å². The van der Waals surface area contributed by atoms with Crippen molar-refractivity contribution in [2.24, 2.45) is 0 Å². The summed E-state index contributed by atoms with van der Waals surface area (Å²) in [4.78, 5) is 11.9. The average Bonchev–Trinajstić information content (AvgIpc) is 2.65. The van der Waals surface area contributed by atoms with E-state index in [-0.39, 0.29) is 10.6 Å². The van der Waals surface area contributed by atoms with E-state index >= 15 is 0 Å². The van der Waals surface area contributed by atoms with Crippen LogP contribution in [-0.4, -0.2) is 18.9 Å². The highest BCUT2D eigenvalue weighted by Gasteiger charge is 2.12. The van der Waals surface area contributed by atoms with Gasteiger partial charge in [-0.15, -0.1) is 0 Å². The van der Waals surface area contributed by atoms with Crippen LogP contribution in [0.5, 0.6) is 5.75 Å². The Balaban J connectivity index is 1.84. The molecule has 0 unspecified atom stereocenters. The number of esters is 1. The predicted octanol–water partition coefficient (Wildman–Crippen LogP) is 5.06. The molecule has 0 saturated heterocycles. The molecule has 2 rings (SSSR count). The second kappa shape index (κ2) is 10.2. The summed E-state index contributed by atoms with van der Waals surface area (Å²) in [5.41, 5.74) is 1.63. The molecule has 2 aromatic rings. The van der Waals surface area contributed by atoms with Crippen LogP contribution in [0.25, 0.3) is 0 Å². The predicted molar refractivity (Wildman–Crippen MR) is 105 cm³/mol. The Kier molecular flexibility index (Phi) is 8.00. The second-order valence-corrected chi connectivity index (χ2v) is 7.97. The third kappa shape index (κ3) is 7.15. The molecule has 0 atom stereocenters. The number of ether oxygens (including phenoxy) is 1. The monoisotopic (exact) mass is 390 g/mol. The maximum absolute atomic E-state index is 12.2. The van der Waals surface area contributed by atoms with Crippen LogP contribution < -0.4 is 4.74 Å². The molecular weight excluding hydrogens is 364 g/mol. The Labute approximate surface area is 161 Å². The van der Waals surface area contributed by atoms with Gasteiger partial charge in [0.1, 0.15) is 5.75 Å². The molecule has 5 nitrogen and oxygen atoms in total. The third-order valence-electron chi connectivity index (χ3n) is 4.34. The molecule has 0 aliphatic rings. The highest BCUT2D eigenvalue weighted by molar-refractivity contribution is 7.85. The van der Waals surface area contributed by atoms with Gasteiger partial charge in [-0.05, 0) is 54.8 Å². The number of rotatable bonds is 10. The number of hydrogen-bond donors (Lipinski definition) is 1. The van der Waals surface area contributed by atoms with Crippen molar-refractivity contribution in [3.05, 3.63) is 59.7 Å². The van der Waals surface area contributed by atoms with Gasteiger partial charge in [-0.1, -0.05) is 51.2 Å². The fraction of sp³-hybridized carbons (Fsp3) is 0.381.